The van der Waals surface area contributed by atoms with Crippen molar-refractivity contribution in [3.05, 3.63) is 29.8 Å². The van der Waals surface area contributed by atoms with Crippen LogP contribution in [0.25, 0.3) is 0 Å². The van der Waals surface area contributed by atoms with Crippen LogP contribution in [-0.4, -0.2) is 91.5 Å². The quantitative estimate of drug-likeness (QED) is 0.504. The van der Waals surface area contributed by atoms with Crippen molar-refractivity contribution >= 4 is 23.3 Å². The molecule has 8 nitrogen and oxygen atoms in total. The molecule has 1 aromatic carbocycles. The maximum absolute atomic E-state index is 14.0. The summed E-state index contributed by atoms with van der Waals surface area (Å²) >= 11 is 0. The number of carbonyl (C=O) groups is 3. The molecule has 3 aliphatic heterocycles. The van der Waals surface area contributed by atoms with Gasteiger partial charge in [-0.2, -0.15) is 0 Å². The number of hydrogen-bond donors (Lipinski definition) is 1. The zero-order valence-electron chi connectivity index (χ0n) is 23.9. The highest BCUT2D eigenvalue weighted by Crippen LogP contribution is 2.36. The lowest BCUT2D eigenvalue weighted by atomic mass is 9.80. The maximum Gasteiger partial charge on any atom is 0.251 e. The van der Waals surface area contributed by atoms with Crippen molar-refractivity contribution in [2.45, 2.75) is 78.5 Å². The Kier molecular flexibility index (Phi) is 9.14. The van der Waals surface area contributed by atoms with Crippen LogP contribution in [0, 0.1) is 11.3 Å². The fourth-order valence-electron chi connectivity index (χ4n) is 6.15. The molecule has 0 spiro atoms. The number of ether oxygens (including phenoxy) is 1. The summed E-state index contributed by atoms with van der Waals surface area (Å²) in [5.74, 6) is -0.330. The van der Waals surface area contributed by atoms with E-state index in [0.717, 1.165) is 51.3 Å². The molecular weight excluding hydrogens is 480 g/mol. The number of nitrogens with zero attached hydrogens (tertiary/aromatic N) is 3. The number of rotatable bonds is 10. The number of Topliss-reactive ketones (excluding diaryl/α,β-unsaturated/α-hetero) is 1. The third kappa shape index (κ3) is 5.91. The predicted molar refractivity (Wildman–Crippen MR) is 149 cm³/mol. The lowest BCUT2D eigenvalue weighted by Gasteiger charge is -2.37. The number of fused-ring (bicyclic) bond motifs is 1. The molecule has 2 amide bonds. The van der Waals surface area contributed by atoms with Crippen molar-refractivity contribution in [2.24, 2.45) is 11.3 Å². The van der Waals surface area contributed by atoms with Gasteiger partial charge >= 0.3 is 0 Å². The molecule has 0 bridgehead atoms. The van der Waals surface area contributed by atoms with Crippen LogP contribution in [0.15, 0.2) is 24.3 Å². The SMILES string of the molecule is CCC[C@@H]1CN(C(=O)C(NC(=O)c2ccc(N3CCN(CCC)CC3)cc2)C(C)(C)CC)[C@@H]2C(=O)CO[C@H]12. The van der Waals surface area contributed by atoms with Gasteiger partial charge in [-0.25, -0.2) is 0 Å². The fourth-order valence-corrected chi connectivity index (χ4v) is 6.15. The normalized spacial score (nSPS) is 25.0. The molecule has 8 heteroatoms. The zero-order chi connectivity index (χ0) is 27.4. The molecule has 0 aromatic heterocycles. The Bertz CT molecular complexity index is 986. The van der Waals surface area contributed by atoms with Gasteiger partial charge in [-0.3, -0.25) is 19.3 Å². The monoisotopic (exact) mass is 526 g/mol. The predicted octanol–water partition coefficient (Wildman–Crippen LogP) is 3.35. The molecule has 1 unspecified atom stereocenters. The summed E-state index contributed by atoms with van der Waals surface area (Å²) in [5.41, 5.74) is 1.17. The van der Waals surface area contributed by atoms with Gasteiger partial charge in [-0.1, -0.05) is 41.0 Å². The van der Waals surface area contributed by atoms with E-state index in [0.29, 0.717) is 18.5 Å². The standard InChI is InChI=1S/C30H46N4O4/c1-6-9-22-19-34(25-24(35)20-38-26(22)25)29(37)27(30(4,5)8-3)31-28(36)21-10-12-23(13-11-21)33-17-15-32(14-7-2)16-18-33/h10-13,22,25-27H,6-9,14-20H2,1-5H3,(H,31,36)/t22-,25-,26-,27?/m1/s1. The molecule has 1 aromatic rings. The van der Waals surface area contributed by atoms with E-state index in [4.69, 9.17) is 4.74 Å². The van der Waals surface area contributed by atoms with Gasteiger partial charge in [0.05, 0.1) is 6.10 Å². The van der Waals surface area contributed by atoms with Gasteiger partial charge in [0.1, 0.15) is 18.7 Å². The number of ketones is 1. The number of amides is 2. The van der Waals surface area contributed by atoms with Gasteiger partial charge in [0.25, 0.3) is 5.91 Å². The van der Waals surface area contributed by atoms with Gasteiger partial charge in [0.2, 0.25) is 5.91 Å². The summed E-state index contributed by atoms with van der Waals surface area (Å²) in [6.07, 6.45) is 3.52. The third-order valence-electron chi connectivity index (χ3n) is 8.86. The van der Waals surface area contributed by atoms with E-state index < -0.39 is 17.5 Å². The van der Waals surface area contributed by atoms with Crippen molar-refractivity contribution in [1.82, 2.24) is 15.1 Å². The largest absolute Gasteiger partial charge is 0.369 e. The Hall–Kier alpha value is -2.45. The Morgan fingerprint density at radius 1 is 1.05 bits per heavy atom. The van der Waals surface area contributed by atoms with Gasteiger partial charge in [-0.05, 0) is 55.5 Å². The van der Waals surface area contributed by atoms with E-state index in [2.05, 4.69) is 29.0 Å². The van der Waals surface area contributed by atoms with Crippen molar-refractivity contribution in [1.29, 1.82) is 0 Å². The minimum absolute atomic E-state index is 0.0348. The number of likely N-dealkylation sites (tertiary alicyclic amines) is 1. The van der Waals surface area contributed by atoms with Crippen LogP contribution < -0.4 is 10.2 Å². The summed E-state index contributed by atoms with van der Waals surface area (Å²) in [5, 5.41) is 3.06. The van der Waals surface area contributed by atoms with E-state index in [1.807, 2.05) is 45.0 Å². The Morgan fingerprint density at radius 3 is 2.34 bits per heavy atom. The van der Waals surface area contributed by atoms with E-state index in [-0.39, 0.29) is 36.2 Å². The first-order valence-electron chi connectivity index (χ1n) is 14.5. The highest BCUT2D eigenvalue weighted by molar-refractivity contribution is 5.99. The third-order valence-corrected chi connectivity index (χ3v) is 8.86. The fraction of sp³-hybridized carbons (Fsp3) is 0.700. The summed E-state index contributed by atoms with van der Waals surface area (Å²) in [7, 11) is 0. The summed E-state index contributed by atoms with van der Waals surface area (Å²) in [4.78, 5) is 46.6. The van der Waals surface area contributed by atoms with Crippen molar-refractivity contribution in [3.63, 3.8) is 0 Å². The van der Waals surface area contributed by atoms with Crippen molar-refractivity contribution < 1.29 is 19.1 Å². The molecule has 1 N–H and O–H groups in total. The number of anilines is 1. The van der Waals surface area contributed by atoms with Crippen LogP contribution in [-0.2, 0) is 14.3 Å². The van der Waals surface area contributed by atoms with Crippen molar-refractivity contribution in [2.75, 3.05) is 50.8 Å². The molecule has 0 saturated carbocycles. The minimum atomic E-state index is -0.735. The molecule has 0 aliphatic carbocycles. The minimum Gasteiger partial charge on any atom is -0.369 e. The van der Waals surface area contributed by atoms with Crippen LogP contribution in [0.3, 0.4) is 0 Å². The van der Waals surface area contributed by atoms with E-state index in [1.54, 1.807) is 4.90 Å². The molecular formula is C30H46N4O4. The highest BCUT2D eigenvalue weighted by Gasteiger charge is 2.53. The lowest BCUT2D eigenvalue weighted by Crippen LogP contribution is -2.57. The first kappa shape index (κ1) is 28.6. The molecule has 4 rings (SSSR count). The summed E-state index contributed by atoms with van der Waals surface area (Å²) < 4.78 is 5.82. The number of nitrogens with one attached hydrogen (secondary N) is 1. The lowest BCUT2D eigenvalue weighted by molar-refractivity contribution is -0.140. The number of benzene rings is 1. The summed E-state index contributed by atoms with van der Waals surface area (Å²) in [6, 6.07) is 6.42. The average Bonchev–Trinajstić information content (AvgIpc) is 3.48. The first-order valence-corrected chi connectivity index (χ1v) is 14.5. The highest BCUT2D eigenvalue weighted by atomic mass is 16.5. The number of hydrogen-bond acceptors (Lipinski definition) is 6. The second-order valence-electron chi connectivity index (χ2n) is 11.9. The number of piperazine rings is 1. The van der Waals surface area contributed by atoms with E-state index in [9.17, 15) is 14.4 Å². The zero-order valence-corrected chi connectivity index (χ0v) is 23.9. The molecule has 4 atom stereocenters. The van der Waals surface area contributed by atoms with Gasteiger partial charge in [-0.15, -0.1) is 0 Å². The molecule has 3 heterocycles. The molecule has 3 saturated heterocycles. The maximum atomic E-state index is 14.0. The Balaban J connectivity index is 1.46. The van der Waals surface area contributed by atoms with Gasteiger partial charge in [0.15, 0.2) is 5.78 Å². The van der Waals surface area contributed by atoms with E-state index >= 15 is 0 Å². The Labute approximate surface area is 228 Å². The van der Waals surface area contributed by atoms with Crippen LogP contribution in [0.1, 0.15) is 70.7 Å². The summed E-state index contributed by atoms with van der Waals surface area (Å²) in [6.45, 7) is 16.1. The average molecular weight is 527 g/mol. The van der Waals surface area contributed by atoms with Gasteiger partial charge in [0, 0.05) is 49.9 Å². The van der Waals surface area contributed by atoms with Crippen LogP contribution >= 0.6 is 0 Å². The second kappa shape index (κ2) is 12.2. The number of carbonyl (C=O) groups excluding carboxylic acids is 3. The van der Waals surface area contributed by atoms with Crippen LogP contribution in [0.4, 0.5) is 5.69 Å². The molecule has 38 heavy (non-hydrogen) atoms. The van der Waals surface area contributed by atoms with E-state index in [1.165, 1.54) is 6.42 Å². The van der Waals surface area contributed by atoms with Crippen LogP contribution in [0.2, 0.25) is 0 Å². The van der Waals surface area contributed by atoms with Crippen molar-refractivity contribution in [3.8, 4) is 0 Å². The molecule has 0 radical (unpaired) electrons. The smallest absolute Gasteiger partial charge is 0.251 e. The Morgan fingerprint density at radius 2 is 1.74 bits per heavy atom. The molecule has 3 fully saturated rings. The first-order chi connectivity index (χ1) is 18.2. The molecule has 210 valence electrons. The second-order valence-corrected chi connectivity index (χ2v) is 11.9. The van der Waals surface area contributed by atoms with Gasteiger partial charge < -0.3 is 19.9 Å². The van der Waals surface area contributed by atoms with Crippen LogP contribution in [0.5, 0.6) is 0 Å². The molecule has 3 aliphatic rings. The topological polar surface area (TPSA) is 82.2 Å².